The van der Waals surface area contributed by atoms with Crippen molar-refractivity contribution < 1.29 is 9.15 Å². The van der Waals surface area contributed by atoms with Gasteiger partial charge < -0.3 is 9.15 Å². The molecule has 0 saturated carbocycles. The van der Waals surface area contributed by atoms with Crippen LogP contribution in [-0.4, -0.2) is 15.0 Å². The molecule has 0 aliphatic heterocycles. The maximum absolute atomic E-state index is 5.95. The maximum Gasteiger partial charge on any atom is 0.299 e. The first-order valence-electron chi connectivity index (χ1n) is 7.19. The van der Waals surface area contributed by atoms with Gasteiger partial charge in [0.15, 0.2) is 0 Å². The molecular weight excluding hydrogens is 290 g/mol. The first-order chi connectivity index (χ1) is 11.3. The Hall–Kier alpha value is -3.21. The van der Waals surface area contributed by atoms with Crippen LogP contribution in [0, 0.1) is 6.92 Å². The van der Waals surface area contributed by atoms with E-state index in [1.807, 2.05) is 43.3 Å². The zero-order valence-corrected chi connectivity index (χ0v) is 12.4. The molecule has 0 saturated heterocycles. The Kier molecular flexibility index (Phi) is 3.24. The molecule has 23 heavy (non-hydrogen) atoms. The lowest BCUT2D eigenvalue weighted by Crippen LogP contribution is -1.88. The molecular formula is C18H13N3O2. The summed E-state index contributed by atoms with van der Waals surface area (Å²) in [4.78, 5) is 12.6. The van der Waals surface area contributed by atoms with E-state index in [-0.39, 0.29) is 0 Å². The molecule has 0 spiro atoms. The van der Waals surface area contributed by atoms with Crippen molar-refractivity contribution in [2.24, 2.45) is 0 Å². The highest BCUT2D eigenvalue weighted by atomic mass is 16.6. The van der Waals surface area contributed by atoms with Gasteiger partial charge in [-0.25, -0.2) is 9.97 Å². The Morgan fingerprint density at radius 2 is 1.78 bits per heavy atom. The molecule has 0 aliphatic rings. The number of pyridine rings is 1. The summed E-state index contributed by atoms with van der Waals surface area (Å²) in [5.74, 6) is 1.12. The number of benzene rings is 1. The van der Waals surface area contributed by atoms with E-state index in [1.54, 1.807) is 18.6 Å². The minimum Gasteiger partial charge on any atom is -0.426 e. The summed E-state index contributed by atoms with van der Waals surface area (Å²) in [6.07, 6.45) is 6.69. The third-order valence-corrected chi connectivity index (χ3v) is 3.56. The second kappa shape index (κ2) is 5.53. The smallest absolute Gasteiger partial charge is 0.299 e. The van der Waals surface area contributed by atoms with Crippen LogP contribution in [0.5, 0.6) is 11.7 Å². The summed E-state index contributed by atoms with van der Waals surface area (Å²) in [5.41, 5.74) is 3.23. The van der Waals surface area contributed by atoms with E-state index in [9.17, 15) is 0 Å². The van der Waals surface area contributed by atoms with Crippen LogP contribution >= 0.6 is 0 Å². The molecule has 0 bridgehead atoms. The van der Waals surface area contributed by atoms with Gasteiger partial charge in [0, 0.05) is 29.8 Å². The van der Waals surface area contributed by atoms with E-state index in [4.69, 9.17) is 9.15 Å². The van der Waals surface area contributed by atoms with Crippen molar-refractivity contribution in [3.8, 4) is 22.8 Å². The first kappa shape index (κ1) is 13.5. The number of hydrogen-bond acceptors (Lipinski definition) is 5. The van der Waals surface area contributed by atoms with E-state index >= 15 is 0 Å². The topological polar surface area (TPSA) is 61.0 Å². The van der Waals surface area contributed by atoms with E-state index in [0.717, 1.165) is 27.8 Å². The van der Waals surface area contributed by atoms with Crippen LogP contribution in [0.3, 0.4) is 0 Å². The minimum atomic E-state index is 0.414. The Labute approximate surface area is 132 Å². The largest absolute Gasteiger partial charge is 0.426 e. The SMILES string of the molecule is Cc1nccc2oc(Oc3ccccc3)c(-c3cncnc3)c12. The number of aryl methyl sites for hydroxylation is 1. The van der Waals surface area contributed by atoms with Crippen molar-refractivity contribution in [1.29, 1.82) is 0 Å². The molecule has 3 heterocycles. The fourth-order valence-electron chi connectivity index (χ4n) is 2.54. The predicted molar refractivity (Wildman–Crippen MR) is 86.3 cm³/mol. The summed E-state index contributed by atoms with van der Waals surface area (Å²) in [6.45, 7) is 1.94. The highest BCUT2D eigenvalue weighted by Gasteiger charge is 2.20. The number of para-hydroxylation sites is 1. The number of ether oxygens (including phenoxy) is 1. The normalized spacial score (nSPS) is 10.8. The Morgan fingerprint density at radius 1 is 1.00 bits per heavy atom. The van der Waals surface area contributed by atoms with Crippen LogP contribution in [0.4, 0.5) is 0 Å². The average Bonchev–Trinajstić information content (AvgIpc) is 2.96. The molecule has 5 heteroatoms. The number of furan rings is 1. The fraction of sp³-hybridized carbons (Fsp3) is 0.0556. The molecule has 4 aromatic rings. The molecule has 0 unspecified atom stereocenters. The van der Waals surface area contributed by atoms with Crippen molar-refractivity contribution in [2.75, 3.05) is 0 Å². The average molecular weight is 303 g/mol. The highest BCUT2D eigenvalue weighted by molar-refractivity contribution is 5.98. The van der Waals surface area contributed by atoms with Crippen molar-refractivity contribution in [3.63, 3.8) is 0 Å². The van der Waals surface area contributed by atoms with E-state index in [1.165, 1.54) is 6.33 Å². The van der Waals surface area contributed by atoms with Crippen molar-refractivity contribution in [3.05, 3.63) is 67.0 Å². The first-order valence-corrected chi connectivity index (χ1v) is 7.19. The Bertz CT molecular complexity index is 950. The highest BCUT2D eigenvalue weighted by Crippen LogP contribution is 2.42. The summed E-state index contributed by atoms with van der Waals surface area (Å²) >= 11 is 0. The fourth-order valence-corrected chi connectivity index (χ4v) is 2.54. The zero-order chi connectivity index (χ0) is 15.6. The predicted octanol–water partition coefficient (Wildman–Crippen LogP) is 4.39. The van der Waals surface area contributed by atoms with Gasteiger partial charge in [-0.3, -0.25) is 4.98 Å². The standard InChI is InChI=1S/C18H13N3O2/c1-12-16-15(7-8-21-12)23-18(22-14-5-3-2-4-6-14)17(16)13-9-19-11-20-10-13/h2-11H,1H3. The van der Waals surface area contributed by atoms with Gasteiger partial charge in [-0.15, -0.1) is 0 Å². The van der Waals surface area contributed by atoms with Gasteiger partial charge in [0.05, 0.1) is 10.9 Å². The third kappa shape index (κ3) is 2.42. The van der Waals surface area contributed by atoms with E-state index in [0.29, 0.717) is 11.7 Å². The number of hydrogen-bond donors (Lipinski definition) is 0. The molecule has 0 atom stereocenters. The quantitative estimate of drug-likeness (QED) is 0.562. The zero-order valence-electron chi connectivity index (χ0n) is 12.4. The monoisotopic (exact) mass is 303 g/mol. The molecule has 0 aliphatic carbocycles. The van der Waals surface area contributed by atoms with Gasteiger partial charge >= 0.3 is 0 Å². The lowest BCUT2D eigenvalue weighted by Gasteiger charge is -2.05. The van der Waals surface area contributed by atoms with E-state index in [2.05, 4.69) is 15.0 Å². The molecule has 0 N–H and O–H groups in total. The van der Waals surface area contributed by atoms with Crippen molar-refractivity contribution in [2.45, 2.75) is 6.92 Å². The molecule has 112 valence electrons. The van der Waals surface area contributed by atoms with Crippen LogP contribution in [-0.2, 0) is 0 Å². The number of aromatic nitrogens is 3. The molecule has 0 radical (unpaired) electrons. The molecule has 1 aromatic carbocycles. The van der Waals surface area contributed by atoms with Gasteiger partial charge in [-0.2, -0.15) is 0 Å². The van der Waals surface area contributed by atoms with Gasteiger partial charge in [-0.05, 0) is 25.1 Å². The number of fused-ring (bicyclic) bond motifs is 1. The van der Waals surface area contributed by atoms with Gasteiger partial charge in [0.25, 0.3) is 5.95 Å². The van der Waals surface area contributed by atoms with Gasteiger partial charge in [0.1, 0.15) is 17.7 Å². The summed E-state index contributed by atoms with van der Waals surface area (Å²) in [6, 6.07) is 11.3. The third-order valence-electron chi connectivity index (χ3n) is 3.56. The van der Waals surface area contributed by atoms with Crippen LogP contribution in [0.15, 0.2) is 65.7 Å². The summed E-state index contributed by atoms with van der Waals surface area (Å²) in [7, 11) is 0. The van der Waals surface area contributed by atoms with Crippen LogP contribution in [0.1, 0.15) is 5.69 Å². The molecule has 0 fully saturated rings. The molecule has 3 aromatic heterocycles. The van der Waals surface area contributed by atoms with Gasteiger partial charge in [-0.1, -0.05) is 18.2 Å². The van der Waals surface area contributed by atoms with Crippen LogP contribution in [0.25, 0.3) is 22.1 Å². The van der Waals surface area contributed by atoms with Crippen LogP contribution in [0.2, 0.25) is 0 Å². The number of rotatable bonds is 3. The second-order valence-electron chi connectivity index (χ2n) is 5.08. The molecule has 4 rings (SSSR count). The summed E-state index contributed by atoms with van der Waals surface area (Å²) < 4.78 is 11.9. The summed E-state index contributed by atoms with van der Waals surface area (Å²) in [5, 5.41) is 0.910. The Morgan fingerprint density at radius 3 is 2.57 bits per heavy atom. The molecule has 5 nitrogen and oxygen atoms in total. The van der Waals surface area contributed by atoms with Crippen molar-refractivity contribution >= 4 is 11.0 Å². The van der Waals surface area contributed by atoms with Crippen LogP contribution < -0.4 is 4.74 Å². The number of nitrogens with zero attached hydrogens (tertiary/aromatic N) is 3. The molecule has 0 amide bonds. The maximum atomic E-state index is 5.95. The van der Waals surface area contributed by atoms with Gasteiger partial charge in [0.2, 0.25) is 0 Å². The van der Waals surface area contributed by atoms with E-state index < -0.39 is 0 Å². The lowest BCUT2D eigenvalue weighted by atomic mass is 10.1. The van der Waals surface area contributed by atoms with Crippen molar-refractivity contribution in [1.82, 2.24) is 15.0 Å². The minimum absolute atomic E-state index is 0.414. The lowest BCUT2D eigenvalue weighted by molar-refractivity contribution is 0.362. The second-order valence-corrected chi connectivity index (χ2v) is 5.08. The Balaban J connectivity index is 1.95.